The summed E-state index contributed by atoms with van der Waals surface area (Å²) < 4.78 is 5.68. The molecule has 0 aromatic heterocycles. The topological polar surface area (TPSA) is 70.1 Å². The second-order valence-corrected chi connectivity index (χ2v) is 5.59. The van der Waals surface area contributed by atoms with E-state index in [0.29, 0.717) is 5.75 Å². The molecule has 6 heteroatoms. The molecule has 23 heavy (non-hydrogen) atoms. The predicted octanol–water partition coefficient (Wildman–Crippen LogP) is 1.47. The number of rotatable bonds is 5. The van der Waals surface area contributed by atoms with Crippen molar-refractivity contribution in [2.45, 2.75) is 6.10 Å². The van der Waals surface area contributed by atoms with Crippen LogP contribution in [-0.4, -0.2) is 59.7 Å². The molecule has 1 N–H and O–H groups in total. The molecule has 120 valence electrons. The number of β-amino-alcohol motifs (C(OH)–C–C–N with tert-alkyl or cyclic N) is 1. The van der Waals surface area contributed by atoms with Crippen LogP contribution in [0.25, 0.3) is 10.8 Å². The van der Waals surface area contributed by atoms with Crippen molar-refractivity contribution in [2.24, 2.45) is 0 Å². The minimum absolute atomic E-state index is 0.00871. The molecule has 2 aromatic rings. The van der Waals surface area contributed by atoms with Crippen LogP contribution < -0.4 is 4.74 Å². The van der Waals surface area contributed by atoms with Gasteiger partial charge in [0, 0.05) is 12.4 Å². The summed E-state index contributed by atoms with van der Waals surface area (Å²) in [5.74, 6) is 0.361. The molecule has 0 radical (unpaired) electrons. The zero-order valence-electron chi connectivity index (χ0n) is 12.8. The molecule has 0 bridgehead atoms. The van der Waals surface area contributed by atoms with Crippen LogP contribution in [0.3, 0.4) is 0 Å². The lowest BCUT2D eigenvalue weighted by atomic mass is 10.1. The summed E-state index contributed by atoms with van der Waals surface area (Å²) in [6.45, 7) is -0.00269. The SMILES string of the molecule is CN1CC(=O)N(C[C@@H](O)COc2cccc3ccccc23)C1=O. The molecule has 1 saturated heterocycles. The van der Waals surface area contributed by atoms with Gasteiger partial charge < -0.3 is 14.7 Å². The molecule has 3 amide bonds. The van der Waals surface area contributed by atoms with E-state index in [-0.39, 0.29) is 31.6 Å². The minimum atomic E-state index is -0.937. The van der Waals surface area contributed by atoms with Crippen molar-refractivity contribution in [3.05, 3.63) is 42.5 Å². The van der Waals surface area contributed by atoms with Crippen molar-refractivity contribution in [3.63, 3.8) is 0 Å². The van der Waals surface area contributed by atoms with E-state index in [1.807, 2.05) is 42.5 Å². The van der Waals surface area contributed by atoms with E-state index in [1.165, 1.54) is 4.90 Å². The quantitative estimate of drug-likeness (QED) is 0.849. The van der Waals surface area contributed by atoms with Crippen LogP contribution in [-0.2, 0) is 4.79 Å². The number of hydrogen-bond donors (Lipinski definition) is 1. The van der Waals surface area contributed by atoms with Gasteiger partial charge in [-0.3, -0.25) is 9.69 Å². The number of likely N-dealkylation sites (N-methyl/N-ethyl adjacent to an activating group) is 1. The van der Waals surface area contributed by atoms with E-state index in [4.69, 9.17) is 4.74 Å². The standard InChI is InChI=1S/C17H18N2O4/c1-18-10-16(21)19(17(18)22)9-13(20)11-23-15-8-4-6-12-5-2-3-7-14(12)15/h2-8,13,20H,9-11H2,1H3/t13-/m1/s1. The highest BCUT2D eigenvalue weighted by Crippen LogP contribution is 2.25. The van der Waals surface area contributed by atoms with E-state index in [9.17, 15) is 14.7 Å². The number of aliphatic hydroxyl groups excluding tert-OH is 1. The van der Waals surface area contributed by atoms with Gasteiger partial charge >= 0.3 is 6.03 Å². The largest absolute Gasteiger partial charge is 0.490 e. The summed E-state index contributed by atoms with van der Waals surface area (Å²) in [5.41, 5.74) is 0. The van der Waals surface area contributed by atoms with Crippen molar-refractivity contribution >= 4 is 22.7 Å². The average Bonchev–Trinajstić information content (AvgIpc) is 2.79. The Morgan fingerprint density at radius 3 is 2.65 bits per heavy atom. The molecule has 0 aliphatic carbocycles. The number of fused-ring (bicyclic) bond motifs is 1. The molecule has 6 nitrogen and oxygen atoms in total. The molecule has 1 fully saturated rings. The lowest BCUT2D eigenvalue weighted by Gasteiger charge is -2.19. The third-order valence-corrected chi connectivity index (χ3v) is 3.81. The highest BCUT2D eigenvalue weighted by molar-refractivity contribution is 6.01. The Labute approximate surface area is 133 Å². The zero-order chi connectivity index (χ0) is 16.4. The Morgan fingerprint density at radius 1 is 1.17 bits per heavy atom. The van der Waals surface area contributed by atoms with E-state index in [2.05, 4.69) is 0 Å². The van der Waals surface area contributed by atoms with Gasteiger partial charge in [0.05, 0.1) is 6.54 Å². The number of hydrogen-bond acceptors (Lipinski definition) is 4. The highest BCUT2D eigenvalue weighted by atomic mass is 16.5. The fourth-order valence-electron chi connectivity index (χ4n) is 2.62. The number of ether oxygens (including phenoxy) is 1. The van der Waals surface area contributed by atoms with Crippen LogP contribution in [0.4, 0.5) is 4.79 Å². The molecule has 2 aromatic carbocycles. The Hall–Kier alpha value is -2.60. The van der Waals surface area contributed by atoms with Crippen molar-refractivity contribution < 1.29 is 19.4 Å². The van der Waals surface area contributed by atoms with Gasteiger partial charge in [0.25, 0.3) is 0 Å². The van der Waals surface area contributed by atoms with E-state index in [1.54, 1.807) is 7.05 Å². The number of aliphatic hydroxyl groups is 1. The van der Waals surface area contributed by atoms with Crippen LogP contribution in [0.5, 0.6) is 5.75 Å². The number of urea groups is 1. The Morgan fingerprint density at radius 2 is 1.91 bits per heavy atom. The number of amides is 3. The molecule has 1 atom stereocenters. The Bertz CT molecular complexity index is 741. The van der Waals surface area contributed by atoms with Crippen LogP contribution >= 0.6 is 0 Å². The third kappa shape index (κ3) is 3.12. The molecule has 0 saturated carbocycles. The average molecular weight is 314 g/mol. The van der Waals surface area contributed by atoms with Gasteiger partial charge in [0.1, 0.15) is 25.0 Å². The summed E-state index contributed by atoms with van der Waals surface area (Å²) in [6.07, 6.45) is -0.937. The van der Waals surface area contributed by atoms with Crippen molar-refractivity contribution in [1.29, 1.82) is 0 Å². The lowest BCUT2D eigenvalue weighted by Crippen LogP contribution is -2.40. The Kier molecular flexibility index (Phi) is 4.16. The van der Waals surface area contributed by atoms with Gasteiger partial charge in [-0.05, 0) is 11.5 Å². The van der Waals surface area contributed by atoms with E-state index < -0.39 is 6.10 Å². The highest BCUT2D eigenvalue weighted by Gasteiger charge is 2.34. The Balaban J connectivity index is 1.64. The molecule has 0 unspecified atom stereocenters. The first-order valence-corrected chi connectivity index (χ1v) is 7.40. The molecule has 1 aliphatic heterocycles. The second kappa shape index (κ2) is 6.26. The molecule has 0 spiro atoms. The second-order valence-electron chi connectivity index (χ2n) is 5.59. The molecule has 3 rings (SSSR count). The van der Waals surface area contributed by atoms with Gasteiger partial charge in [-0.2, -0.15) is 0 Å². The van der Waals surface area contributed by atoms with Crippen LogP contribution in [0, 0.1) is 0 Å². The number of carbonyl (C=O) groups is 2. The van der Waals surface area contributed by atoms with E-state index in [0.717, 1.165) is 15.7 Å². The monoisotopic (exact) mass is 314 g/mol. The zero-order valence-corrected chi connectivity index (χ0v) is 12.8. The number of imide groups is 1. The molecule has 1 heterocycles. The van der Waals surface area contributed by atoms with Gasteiger partial charge in [0.2, 0.25) is 5.91 Å². The fourth-order valence-corrected chi connectivity index (χ4v) is 2.62. The first-order chi connectivity index (χ1) is 11.1. The third-order valence-electron chi connectivity index (χ3n) is 3.81. The molecular formula is C17H18N2O4. The lowest BCUT2D eigenvalue weighted by molar-refractivity contribution is -0.126. The first kappa shape index (κ1) is 15.3. The van der Waals surface area contributed by atoms with E-state index >= 15 is 0 Å². The molecular weight excluding hydrogens is 296 g/mol. The maximum Gasteiger partial charge on any atom is 0.327 e. The normalized spacial score (nSPS) is 16.3. The minimum Gasteiger partial charge on any atom is -0.490 e. The van der Waals surface area contributed by atoms with Gasteiger partial charge in [-0.1, -0.05) is 36.4 Å². The summed E-state index contributed by atoms with van der Waals surface area (Å²) >= 11 is 0. The maximum absolute atomic E-state index is 11.8. The van der Waals surface area contributed by atoms with Crippen LogP contribution in [0.1, 0.15) is 0 Å². The smallest absolute Gasteiger partial charge is 0.327 e. The summed E-state index contributed by atoms with van der Waals surface area (Å²) in [6, 6.07) is 13.1. The fraction of sp³-hybridized carbons (Fsp3) is 0.294. The predicted molar refractivity (Wildman–Crippen MR) is 85.2 cm³/mol. The van der Waals surface area contributed by atoms with Crippen molar-refractivity contribution in [3.8, 4) is 5.75 Å². The van der Waals surface area contributed by atoms with Gasteiger partial charge in [-0.15, -0.1) is 0 Å². The maximum atomic E-state index is 11.8. The number of carbonyl (C=O) groups excluding carboxylic acids is 2. The summed E-state index contributed by atoms with van der Waals surface area (Å²) in [7, 11) is 1.55. The van der Waals surface area contributed by atoms with Gasteiger partial charge in [-0.25, -0.2) is 4.79 Å². The first-order valence-electron chi connectivity index (χ1n) is 7.40. The van der Waals surface area contributed by atoms with Crippen LogP contribution in [0.15, 0.2) is 42.5 Å². The van der Waals surface area contributed by atoms with Crippen molar-refractivity contribution in [1.82, 2.24) is 9.80 Å². The summed E-state index contributed by atoms with van der Waals surface area (Å²) in [5, 5.41) is 12.1. The molecule has 1 aliphatic rings. The number of nitrogens with zero attached hydrogens (tertiary/aromatic N) is 2. The van der Waals surface area contributed by atoms with Crippen LogP contribution in [0.2, 0.25) is 0 Å². The number of benzene rings is 2. The summed E-state index contributed by atoms with van der Waals surface area (Å²) in [4.78, 5) is 25.8. The van der Waals surface area contributed by atoms with Gasteiger partial charge in [0.15, 0.2) is 0 Å². The van der Waals surface area contributed by atoms with Crippen molar-refractivity contribution in [2.75, 3.05) is 26.7 Å².